The molecule has 0 saturated heterocycles. The van der Waals surface area contributed by atoms with Crippen LogP contribution < -0.4 is 11.1 Å². The summed E-state index contributed by atoms with van der Waals surface area (Å²) in [5.74, 6) is 0.534. The molecule has 3 N–H and O–H groups in total. The zero-order valence-corrected chi connectivity index (χ0v) is 10.8. The maximum absolute atomic E-state index is 11.6. The Balaban J connectivity index is 3.73. The largest absolute Gasteiger partial charge is 0.382 e. The standard InChI is InChI=1S/C12H26N2O2/c1-4-16-9-5-6-12(15)14-11(7-8-13)10(2)3/h10-11H,4-9,13H2,1-3H3,(H,14,15). The smallest absolute Gasteiger partial charge is 0.220 e. The van der Waals surface area contributed by atoms with Gasteiger partial charge in [-0.1, -0.05) is 13.8 Å². The highest BCUT2D eigenvalue weighted by Gasteiger charge is 2.14. The van der Waals surface area contributed by atoms with Crippen LogP contribution in [0.15, 0.2) is 0 Å². The van der Waals surface area contributed by atoms with Gasteiger partial charge in [0.15, 0.2) is 0 Å². The van der Waals surface area contributed by atoms with Crippen LogP contribution in [0.1, 0.15) is 40.0 Å². The summed E-state index contributed by atoms with van der Waals surface area (Å²) >= 11 is 0. The minimum atomic E-state index is 0.104. The van der Waals surface area contributed by atoms with Gasteiger partial charge in [-0.25, -0.2) is 0 Å². The van der Waals surface area contributed by atoms with Crippen LogP contribution in [0.4, 0.5) is 0 Å². The monoisotopic (exact) mass is 230 g/mol. The minimum absolute atomic E-state index is 0.104. The van der Waals surface area contributed by atoms with Crippen LogP contribution in [0, 0.1) is 5.92 Å². The van der Waals surface area contributed by atoms with Crippen LogP contribution >= 0.6 is 0 Å². The molecule has 0 aliphatic carbocycles. The first-order valence-corrected chi connectivity index (χ1v) is 6.19. The number of hydrogen-bond acceptors (Lipinski definition) is 3. The van der Waals surface area contributed by atoms with Crippen molar-refractivity contribution in [2.24, 2.45) is 11.7 Å². The highest BCUT2D eigenvalue weighted by Crippen LogP contribution is 2.05. The Morgan fingerprint density at radius 2 is 2.12 bits per heavy atom. The Hall–Kier alpha value is -0.610. The molecule has 4 heteroatoms. The van der Waals surface area contributed by atoms with Crippen molar-refractivity contribution >= 4 is 5.91 Å². The lowest BCUT2D eigenvalue weighted by atomic mass is 10.0. The van der Waals surface area contributed by atoms with Gasteiger partial charge in [0.2, 0.25) is 5.91 Å². The highest BCUT2D eigenvalue weighted by molar-refractivity contribution is 5.76. The molecule has 1 unspecified atom stereocenters. The molecule has 0 aromatic carbocycles. The third-order valence-electron chi connectivity index (χ3n) is 2.53. The molecule has 4 nitrogen and oxygen atoms in total. The fourth-order valence-corrected chi connectivity index (χ4v) is 1.51. The van der Waals surface area contributed by atoms with E-state index in [1.165, 1.54) is 0 Å². The number of carbonyl (C=O) groups excluding carboxylic acids is 1. The van der Waals surface area contributed by atoms with Gasteiger partial charge in [-0.15, -0.1) is 0 Å². The van der Waals surface area contributed by atoms with E-state index in [0.717, 1.165) is 12.8 Å². The molecule has 96 valence electrons. The summed E-state index contributed by atoms with van der Waals surface area (Å²) < 4.78 is 5.18. The van der Waals surface area contributed by atoms with Crippen molar-refractivity contribution < 1.29 is 9.53 Å². The number of hydrogen-bond donors (Lipinski definition) is 2. The number of amides is 1. The van der Waals surface area contributed by atoms with Crippen molar-refractivity contribution in [3.05, 3.63) is 0 Å². The van der Waals surface area contributed by atoms with Crippen LogP contribution in [-0.4, -0.2) is 31.7 Å². The predicted molar refractivity (Wildman–Crippen MR) is 66.2 cm³/mol. The van der Waals surface area contributed by atoms with Crippen LogP contribution in [0.5, 0.6) is 0 Å². The van der Waals surface area contributed by atoms with Gasteiger partial charge < -0.3 is 15.8 Å². The van der Waals surface area contributed by atoms with E-state index in [1.54, 1.807) is 0 Å². The van der Waals surface area contributed by atoms with E-state index in [0.29, 0.717) is 32.1 Å². The zero-order chi connectivity index (χ0) is 12.4. The first-order chi connectivity index (χ1) is 7.61. The van der Waals surface area contributed by atoms with Crippen molar-refractivity contribution in [1.82, 2.24) is 5.32 Å². The molecule has 0 fully saturated rings. The molecule has 0 aromatic heterocycles. The SMILES string of the molecule is CCOCCCC(=O)NC(CCN)C(C)C. The lowest BCUT2D eigenvalue weighted by Crippen LogP contribution is -2.39. The van der Waals surface area contributed by atoms with Gasteiger partial charge in [-0.3, -0.25) is 4.79 Å². The maximum Gasteiger partial charge on any atom is 0.220 e. The predicted octanol–water partition coefficient (Wildman–Crippen LogP) is 1.29. The fourth-order valence-electron chi connectivity index (χ4n) is 1.51. The second-order valence-corrected chi connectivity index (χ2v) is 4.30. The highest BCUT2D eigenvalue weighted by atomic mass is 16.5. The lowest BCUT2D eigenvalue weighted by molar-refractivity contribution is -0.122. The Labute approximate surface area is 98.9 Å². The number of carbonyl (C=O) groups is 1. The van der Waals surface area contributed by atoms with E-state index >= 15 is 0 Å². The molecule has 0 aromatic rings. The molecule has 0 saturated carbocycles. The molecule has 0 rings (SSSR count). The Bertz CT molecular complexity index is 184. The van der Waals surface area contributed by atoms with Crippen LogP contribution in [-0.2, 0) is 9.53 Å². The van der Waals surface area contributed by atoms with E-state index in [-0.39, 0.29) is 11.9 Å². The quantitative estimate of drug-likeness (QED) is 0.587. The third kappa shape index (κ3) is 7.65. The minimum Gasteiger partial charge on any atom is -0.382 e. The van der Waals surface area contributed by atoms with Gasteiger partial charge in [0.25, 0.3) is 0 Å². The van der Waals surface area contributed by atoms with Gasteiger partial charge in [0.1, 0.15) is 0 Å². The van der Waals surface area contributed by atoms with Crippen molar-refractivity contribution in [2.75, 3.05) is 19.8 Å². The molecule has 1 amide bonds. The number of ether oxygens (including phenoxy) is 1. The van der Waals surface area contributed by atoms with Crippen molar-refractivity contribution in [2.45, 2.75) is 46.1 Å². The Kier molecular flexibility index (Phi) is 9.24. The summed E-state index contributed by atoms with van der Waals surface area (Å²) in [7, 11) is 0. The topological polar surface area (TPSA) is 64.3 Å². The van der Waals surface area contributed by atoms with Gasteiger partial charge >= 0.3 is 0 Å². The van der Waals surface area contributed by atoms with Crippen LogP contribution in [0.25, 0.3) is 0 Å². The molecule has 16 heavy (non-hydrogen) atoms. The molecule has 0 aliphatic heterocycles. The summed E-state index contributed by atoms with van der Waals surface area (Å²) in [6, 6.07) is 0.199. The number of nitrogens with one attached hydrogen (secondary N) is 1. The molecular formula is C12H26N2O2. The molecule has 0 spiro atoms. The average Bonchev–Trinajstić information content (AvgIpc) is 2.23. The van der Waals surface area contributed by atoms with Crippen molar-refractivity contribution in [3.8, 4) is 0 Å². The zero-order valence-electron chi connectivity index (χ0n) is 10.8. The molecule has 1 atom stereocenters. The fraction of sp³-hybridized carbons (Fsp3) is 0.917. The van der Waals surface area contributed by atoms with Crippen molar-refractivity contribution in [1.29, 1.82) is 0 Å². The summed E-state index contributed by atoms with van der Waals surface area (Å²) in [5, 5.41) is 3.02. The van der Waals surface area contributed by atoms with Crippen LogP contribution in [0.2, 0.25) is 0 Å². The van der Waals surface area contributed by atoms with E-state index in [1.807, 2.05) is 6.92 Å². The lowest BCUT2D eigenvalue weighted by Gasteiger charge is -2.21. The van der Waals surface area contributed by atoms with E-state index < -0.39 is 0 Å². The first kappa shape index (κ1) is 15.4. The second kappa shape index (κ2) is 9.60. The summed E-state index contributed by atoms with van der Waals surface area (Å²) in [6.45, 7) is 8.14. The Morgan fingerprint density at radius 3 is 2.62 bits per heavy atom. The van der Waals surface area contributed by atoms with E-state index in [4.69, 9.17) is 10.5 Å². The maximum atomic E-state index is 11.6. The average molecular weight is 230 g/mol. The Morgan fingerprint density at radius 1 is 1.44 bits per heavy atom. The summed E-state index contributed by atoms with van der Waals surface area (Å²) in [5.41, 5.74) is 5.51. The normalized spacial score (nSPS) is 12.8. The summed E-state index contributed by atoms with van der Waals surface area (Å²) in [4.78, 5) is 11.6. The molecule has 0 aliphatic rings. The molecule has 0 radical (unpaired) electrons. The van der Waals surface area contributed by atoms with E-state index in [9.17, 15) is 4.79 Å². The number of rotatable bonds is 9. The molecule has 0 bridgehead atoms. The van der Waals surface area contributed by atoms with Crippen molar-refractivity contribution in [3.63, 3.8) is 0 Å². The summed E-state index contributed by atoms with van der Waals surface area (Å²) in [6.07, 6.45) is 2.16. The van der Waals surface area contributed by atoms with Gasteiger partial charge in [0, 0.05) is 25.7 Å². The number of nitrogens with two attached hydrogens (primary N) is 1. The van der Waals surface area contributed by atoms with E-state index in [2.05, 4.69) is 19.2 Å². The first-order valence-electron chi connectivity index (χ1n) is 6.19. The second-order valence-electron chi connectivity index (χ2n) is 4.30. The third-order valence-corrected chi connectivity index (χ3v) is 2.53. The van der Waals surface area contributed by atoms with Gasteiger partial charge in [-0.05, 0) is 32.2 Å². The molecular weight excluding hydrogens is 204 g/mol. The molecule has 0 heterocycles. The van der Waals surface area contributed by atoms with Crippen LogP contribution in [0.3, 0.4) is 0 Å². The van der Waals surface area contributed by atoms with Gasteiger partial charge in [-0.2, -0.15) is 0 Å². The van der Waals surface area contributed by atoms with Gasteiger partial charge in [0.05, 0.1) is 0 Å².